The molecule has 0 radical (unpaired) electrons. The van der Waals surface area contributed by atoms with Crippen LogP contribution in [-0.4, -0.2) is 90.6 Å². The lowest BCUT2D eigenvalue weighted by Gasteiger charge is -2.32. The molecule has 0 aliphatic carbocycles. The summed E-state index contributed by atoms with van der Waals surface area (Å²) in [4.78, 5) is 62.8. The summed E-state index contributed by atoms with van der Waals surface area (Å²) in [6, 6.07) is 20.3. The number of hydrogen-bond donors (Lipinski definition) is 2. The van der Waals surface area contributed by atoms with E-state index < -0.39 is 5.92 Å². The molecule has 2 aliphatic heterocycles. The van der Waals surface area contributed by atoms with Gasteiger partial charge in [-0.25, -0.2) is 43.6 Å². The van der Waals surface area contributed by atoms with Crippen LogP contribution in [0.25, 0.3) is 33.7 Å². The molecule has 0 saturated heterocycles. The molecule has 1 aromatic carbocycles. The standard InChI is InChI=1S/C27H29F2N7O.C26H30N8O/c1-6-12-35-24(37)19-14-30-25(31-18-10-11-20-17(13-18)15-34(5)16-27(20,28)29)33-23(19)36(35)22-9-7-8-21(32-22)26(2,3)4;1-6-13-33-24(35)18-15-27-25(30-21-11-10-17-16-32(5)14-12-19(17)28-21)31-23(18)34(33)22-9-7-8-20(29-22)26(2,3)4/h6-11,13-14H,1,12,15-16H2,2-5H3,(H,30,31,33);6-11,15H,1,12-14,16H2,2-5H3,(H,27,28,30,31). The molecule has 0 spiro atoms. The van der Waals surface area contributed by atoms with Gasteiger partial charge >= 0.3 is 0 Å². The van der Waals surface area contributed by atoms with Crippen LogP contribution in [0.15, 0.2) is 114 Å². The van der Waals surface area contributed by atoms with Gasteiger partial charge in [-0.1, -0.05) is 78.0 Å². The molecule has 0 saturated carbocycles. The molecule has 0 bridgehead atoms. The number of fused-ring (bicyclic) bond motifs is 4. The third-order valence-electron chi connectivity index (χ3n) is 12.5. The number of pyridine rings is 3. The van der Waals surface area contributed by atoms with Gasteiger partial charge in [0, 0.05) is 77.6 Å². The van der Waals surface area contributed by atoms with Crippen LogP contribution in [0.4, 0.5) is 32.2 Å². The van der Waals surface area contributed by atoms with Crippen LogP contribution in [0.1, 0.15) is 75.3 Å². The van der Waals surface area contributed by atoms with Crippen LogP contribution in [0.2, 0.25) is 0 Å². The van der Waals surface area contributed by atoms with Gasteiger partial charge in [-0.2, -0.15) is 18.7 Å². The third-order valence-corrected chi connectivity index (χ3v) is 12.5. The Morgan fingerprint density at radius 1 is 0.667 bits per heavy atom. The molecule has 0 fully saturated rings. The van der Waals surface area contributed by atoms with Crippen molar-refractivity contribution in [3.05, 3.63) is 159 Å². The number of benzene rings is 1. The number of allylic oxidation sites excluding steroid dienone is 2. The number of aromatic nitrogens is 11. The Morgan fingerprint density at radius 2 is 1.21 bits per heavy atom. The minimum absolute atomic E-state index is 0.0349. The number of likely N-dealkylation sites (N-methyl/N-ethyl adjacent to an activating group) is 2. The van der Waals surface area contributed by atoms with Gasteiger partial charge in [0.1, 0.15) is 16.6 Å². The highest BCUT2D eigenvalue weighted by atomic mass is 19.3. The van der Waals surface area contributed by atoms with E-state index in [4.69, 9.17) is 19.9 Å². The fourth-order valence-corrected chi connectivity index (χ4v) is 8.94. The van der Waals surface area contributed by atoms with E-state index in [9.17, 15) is 18.4 Å². The van der Waals surface area contributed by atoms with Crippen molar-refractivity contribution >= 4 is 45.5 Å². The number of nitrogens with one attached hydrogen (secondary N) is 2. The van der Waals surface area contributed by atoms with E-state index in [1.807, 2.05) is 42.5 Å². The largest absolute Gasteiger partial charge is 0.324 e. The number of rotatable bonds is 10. The maximum Gasteiger partial charge on any atom is 0.285 e. The van der Waals surface area contributed by atoms with Crippen molar-refractivity contribution < 1.29 is 8.78 Å². The Labute approximate surface area is 415 Å². The van der Waals surface area contributed by atoms with Crippen molar-refractivity contribution in [2.45, 2.75) is 90.9 Å². The minimum atomic E-state index is -2.91. The third kappa shape index (κ3) is 9.81. The zero-order chi connectivity index (χ0) is 51.3. The SMILES string of the molecule is C=CCn1c(=O)c2cnc(Nc3ccc4c(c3)CN(C)CC4(F)F)nc2n1-c1cccc(C(C)(C)C)n1.C=CCn1c(=O)c2cnc(Nc3ccc4c(n3)CCN(C)C4)nc2n1-c1cccc(C(C)(C)C)n1. The first-order valence-corrected chi connectivity index (χ1v) is 23.8. The zero-order valence-corrected chi connectivity index (χ0v) is 41.9. The molecule has 8 aromatic rings. The first-order chi connectivity index (χ1) is 34.2. The number of halogens is 2. The number of hydrogen-bond acceptors (Lipinski definition) is 13. The lowest BCUT2D eigenvalue weighted by molar-refractivity contribution is -0.0454. The monoisotopic (exact) mass is 975 g/mol. The molecule has 19 heteroatoms. The lowest BCUT2D eigenvalue weighted by Crippen LogP contribution is -2.38. The fourth-order valence-electron chi connectivity index (χ4n) is 8.94. The van der Waals surface area contributed by atoms with Crippen molar-refractivity contribution in [3.63, 3.8) is 0 Å². The normalized spacial score (nSPS) is 14.9. The van der Waals surface area contributed by atoms with E-state index in [1.165, 1.54) is 22.5 Å². The van der Waals surface area contributed by atoms with E-state index in [1.54, 1.807) is 56.5 Å². The number of alkyl halides is 2. The van der Waals surface area contributed by atoms with Gasteiger partial charge in [-0.15, -0.1) is 13.2 Å². The molecule has 17 nitrogen and oxygen atoms in total. The van der Waals surface area contributed by atoms with E-state index >= 15 is 0 Å². The summed E-state index contributed by atoms with van der Waals surface area (Å²) < 4.78 is 35.4. The molecule has 372 valence electrons. The summed E-state index contributed by atoms with van der Waals surface area (Å²) >= 11 is 0. The quantitative estimate of drug-likeness (QED) is 0.125. The summed E-state index contributed by atoms with van der Waals surface area (Å²) in [6.45, 7) is 22.7. The van der Waals surface area contributed by atoms with E-state index in [0.29, 0.717) is 69.8 Å². The molecule has 0 amide bonds. The van der Waals surface area contributed by atoms with Crippen LogP contribution in [0.3, 0.4) is 0 Å². The van der Waals surface area contributed by atoms with Crippen LogP contribution < -0.4 is 21.8 Å². The highest BCUT2D eigenvalue weighted by molar-refractivity contribution is 5.78. The van der Waals surface area contributed by atoms with Crippen molar-refractivity contribution in [2.75, 3.05) is 37.8 Å². The Kier molecular flexibility index (Phi) is 13.1. The van der Waals surface area contributed by atoms with Crippen LogP contribution >= 0.6 is 0 Å². The zero-order valence-electron chi connectivity index (χ0n) is 41.9. The van der Waals surface area contributed by atoms with Crippen molar-refractivity contribution in [1.29, 1.82) is 0 Å². The molecule has 7 aromatic heterocycles. The second-order valence-corrected chi connectivity index (χ2v) is 20.4. The van der Waals surface area contributed by atoms with Gasteiger partial charge in [0.05, 0.1) is 19.6 Å². The number of anilines is 4. The topological polar surface area (TPSA) is 175 Å². The smallest absolute Gasteiger partial charge is 0.285 e. The molecular formula is C53H59F2N15O2. The second-order valence-electron chi connectivity index (χ2n) is 20.4. The average molecular weight is 976 g/mol. The first kappa shape index (κ1) is 49.2. The summed E-state index contributed by atoms with van der Waals surface area (Å²) in [6.07, 6.45) is 7.25. The minimum Gasteiger partial charge on any atom is -0.324 e. The molecule has 9 heterocycles. The maximum atomic E-state index is 14.5. The fraction of sp³-hybridized carbons (Fsp3) is 0.340. The van der Waals surface area contributed by atoms with Gasteiger partial charge in [0.2, 0.25) is 11.9 Å². The second kappa shape index (κ2) is 19.1. The molecule has 0 unspecified atom stereocenters. The summed E-state index contributed by atoms with van der Waals surface area (Å²) in [5.41, 5.74) is 5.35. The van der Waals surface area contributed by atoms with Crippen molar-refractivity contribution in [2.24, 2.45) is 0 Å². The predicted octanol–water partition coefficient (Wildman–Crippen LogP) is 8.33. The van der Waals surface area contributed by atoms with Crippen LogP contribution in [0, 0.1) is 0 Å². The highest BCUT2D eigenvalue weighted by Gasteiger charge is 2.39. The Morgan fingerprint density at radius 3 is 1.75 bits per heavy atom. The van der Waals surface area contributed by atoms with Crippen molar-refractivity contribution in [3.8, 4) is 11.6 Å². The predicted molar refractivity (Wildman–Crippen MR) is 277 cm³/mol. The van der Waals surface area contributed by atoms with E-state index in [2.05, 4.69) is 98.3 Å². The van der Waals surface area contributed by atoms with Gasteiger partial charge in [-0.05, 0) is 67.7 Å². The molecule has 10 rings (SSSR count). The van der Waals surface area contributed by atoms with Crippen LogP contribution in [0.5, 0.6) is 0 Å². The van der Waals surface area contributed by atoms with Gasteiger partial charge in [0.25, 0.3) is 17.0 Å². The maximum absolute atomic E-state index is 14.5. The number of nitrogens with zero attached hydrogens (tertiary/aromatic N) is 13. The summed E-state index contributed by atoms with van der Waals surface area (Å²) in [5.74, 6) is -0.457. The molecule has 72 heavy (non-hydrogen) atoms. The lowest BCUT2D eigenvalue weighted by atomic mass is 9.92. The first-order valence-electron chi connectivity index (χ1n) is 23.8. The highest BCUT2D eigenvalue weighted by Crippen LogP contribution is 2.37. The molecule has 0 atom stereocenters. The molecular weight excluding hydrogens is 917 g/mol. The summed E-state index contributed by atoms with van der Waals surface area (Å²) in [7, 11) is 3.78. The molecule has 2 aliphatic rings. The Bertz CT molecular complexity index is 3500. The average Bonchev–Trinajstić information content (AvgIpc) is 3.76. The summed E-state index contributed by atoms with van der Waals surface area (Å²) in [5, 5.41) is 7.09. The molecule has 2 N–H and O–H groups in total. The Hall–Kier alpha value is -7.77. The van der Waals surface area contributed by atoms with Gasteiger partial charge < -0.3 is 15.5 Å². The Balaban J connectivity index is 0.000000178. The van der Waals surface area contributed by atoms with E-state index in [0.717, 1.165) is 36.6 Å². The van der Waals surface area contributed by atoms with Crippen molar-refractivity contribution in [1.82, 2.24) is 63.4 Å². The van der Waals surface area contributed by atoms with E-state index in [-0.39, 0.29) is 46.5 Å². The van der Waals surface area contributed by atoms with Gasteiger partial charge in [0.15, 0.2) is 22.9 Å². The van der Waals surface area contributed by atoms with Gasteiger partial charge in [-0.3, -0.25) is 14.5 Å². The van der Waals surface area contributed by atoms with Crippen LogP contribution in [-0.2, 0) is 49.4 Å².